The SMILES string of the molecule is CC(C)CCN(CC(=O)O)S(=O)(=O)c1ccc2c(c1)OCCO2. The van der Waals surface area contributed by atoms with Crippen molar-refractivity contribution in [3.05, 3.63) is 18.2 Å². The minimum atomic E-state index is -3.91. The number of ether oxygens (including phenoxy) is 2. The van der Waals surface area contributed by atoms with Gasteiger partial charge in [0.1, 0.15) is 19.8 Å². The van der Waals surface area contributed by atoms with Crippen LogP contribution in [-0.2, 0) is 14.8 Å². The van der Waals surface area contributed by atoms with Crippen molar-refractivity contribution in [2.75, 3.05) is 26.3 Å². The van der Waals surface area contributed by atoms with Crippen molar-refractivity contribution in [2.45, 2.75) is 25.2 Å². The summed E-state index contributed by atoms with van der Waals surface area (Å²) in [6.07, 6.45) is 0.580. The van der Waals surface area contributed by atoms with Gasteiger partial charge < -0.3 is 14.6 Å². The van der Waals surface area contributed by atoms with E-state index in [1.165, 1.54) is 18.2 Å². The Morgan fingerprint density at radius 2 is 1.91 bits per heavy atom. The Balaban J connectivity index is 2.30. The minimum absolute atomic E-state index is 0.00626. The van der Waals surface area contributed by atoms with Crippen LogP contribution < -0.4 is 9.47 Å². The maximum Gasteiger partial charge on any atom is 0.318 e. The summed E-state index contributed by atoms with van der Waals surface area (Å²) < 4.78 is 37.2. The lowest BCUT2D eigenvalue weighted by Gasteiger charge is -2.23. The lowest BCUT2D eigenvalue weighted by atomic mass is 10.1. The Labute approximate surface area is 135 Å². The topological polar surface area (TPSA) is 93.1 Å². The molecule has 8 heteroatoms. The summed E-state index contributed by atoms with van der Waals surface area (Å²) in [6, 6.07) is 4.32. The van der Waals surface area contributed by atoms with Crippen LogP contribution in [0.1, 0.15) is 20.3 Å². The van der Waals surface area contributed by atoms with E-state index < -0.39 is 22.5 Å². The van der Waals surface area contributed by atoms with Gasteiger partial charge in [-0.15, -0.1) is 0 Å². The van der Waals surface area contributed by atoms with Gasteiger partial charge in [-0.25, -0.2) is 8.42 Å². The van der Waals surface area contributed by atoms with Gasteiger partial charge in [-0.2, -0.15) is 4.31 Å². The zero-order valence-electron chi connectivity index (χ0n) is 13.2. The number of rotatable bonds is 7. The van der Waals surface area contributed by atoms with Gasteiger partial charge in [0.05, 0.1) is 4.90 Å². The molecular formula is C15H21NO6S. The predicted molar refractivity (Wildman–Crippen MR) is 83.3 cm³/mol. The monoisotopic (exact) mass is 343 g/mol. The third-order valence-electron chi connectivity index (χ3n) is 3.42. The van der Waals surface area contributed by atoms with E-state index in [0.717, 1.165) is 4.31 Å². The summed E-state index contributed by atoms with van der Waals surface area (Å²) in [4.78, 5) is 11.0. The van der Waals surface area contributed by atoms with Gasteiger partial charge in [0.2, 0.25) is 10.0 Å². The summed E-state index contributed by atoms with van der Waals surface area (Å²) in [5, 5.41) is 9.00. The van der Waals surface area contributed by atoms with Gasteiger partial charge >= 0.3 is 5.97 Å². The quantitative estimate of drug-likeness (QED) is 0.808. The molecule has 0 spiro atoms. The van der Waals surface area contributed by atoms with Crippen LogP contribution in [-0.4, -0.2) is 50.1 Å². The van der Waals surface area contributed by atoms with Crippen LogP contribution in [0.2, 0.25) is 0 Å². The van der Waals surface area contributed by atoms with Crippen molar-refractivity contribution in [3.63, 3.8) is 0 Å². The molecule has 1 aliphatic rings. The first-order valence-electron chi connectivity index (χ1n) is 7.42. The van der Waals surface area contributed by atoms with Crippen LogP contribution in [0.25, 0.3) is 0 Å². The smallest absolute Gasteiger partial charge is 0.318 e. The lowest BCUT2D eigenvalue weighted by Crippen LogP contribution is -2.37. The molecule has 23 heavy (non-hydrogen) atoms. The Hall–Kier alpha value is -1.80. The molecule has 0 fully saturated rings. The van der Waals surface area contributed by atoms with Crippen molar-refractivity contribution in [2.24, 2.45) is 5.92 Å². The number of carboxylic acid groups (broad SMARTS) is 1. The fourth-order valence-electron chi connectivity index (χ4n) is 2.17. The Morgan fingerprint density at radius 1 is 1.26 bits per heavy atom. The molecule has 0 unspecified atom stereocenters. The number of nitrogens with zero attached hydrogens (tertiary/aromatic N) is 1. The second kappa shape index (κ2) is 7.18. The van der Waals surface area contributed by atoms with E-state index in [0.29, 0.717) is 31.1 Å². The summed E-state index contributed by atoms with van der Waals surface area (Å²) in [7, 11) is -3.91. The van der Waals surface area contributed by atoms with Crippen LogP contribution >= 0.6 is 0 Å². The van der Waals surface area contributed by atoms with Gasteiger partial charge in [0.25, 0.3) is 0 Å². The average molecular weight is 343 g/mol. The third-order valence-corrected chi connectivity index (χ3v) is 5.26. The molecule has 0 amide bonds. The van der Waals surface area contributed by atoms with E-state index in [4.69, 9.17) is 14.6 Å². The first kappa shape index (κ1) is 17.6. The van der Waals surface area contributed by atoms with E-state index in [-0.39, 0.29) is 17.4 Å². The van der Waals surface area contributed by atoms with Crippen molar-refractivity contribution in [1.29, 1.82) is 0 Å². The molecule has 7 nitrogen and oxygen atoms in total. The molecule has 1 aromatic rings. The average Bonchev–Trinajstić information content (AvgIpc) is 2.50. The molecule has 1 N–H and O–H groups in total. The van der Waals surface area contributed by atoms with Crippen LogP contribution in [0.15, 0.2) is 23.1 Å². The Kier molecular flexibility index (Phi) is 5.48. The molecule has 0 saturated carbocycles. The van der Waals surface area contributed by atoms with Crippen LogP contribution in [0.3, 0.4) is 0 Å². The van der Waals surface area contributed by atoms with Crippen molar-refractivity contribution in [1.82, 2.24) is 4.31 Å². The summed E-state index contributed by atoms with van der Waals surface area (Å²) in [6.45, 7) is 4.26. The number of hydrogen-bond donors (Lipinski definition) is 1. The fourth-order valence-corrected chi connectivity index (χ4v) is 3.59. The summed E-state index contributed by atoms with van der Waals surface area (Å²) in [5.74, 6) is -0.0738. The van der Waals surface area contributed by atoms with Gasteiger partial charge in [0.15, 0.2) is 11.5 Å². The van der Waals surface area contributed by atoms with E-state index in [9.17, 15) is 13.2 Å². The maximum absolute atomic E-state index is 12.7. The van der Waals surface area contributed by atoms with Crippen LogP contribution in [0, 0.1) is 5.92 Å². The normalized spacial score (nSPS) is 14.3. The summed E-state index contributed by atoms with van der Waals surface area (Å²) >= 11 is 0. The van der Waals surface area contributed by atoms with Gasteiger partial charge in [-0.3, -0.25) is 4.79 Å². The largest absolute Gasteiger partial charge is 0.486 e. The third kappa shape index (κ3) is 4.35. The van der Waals surface area contributed by atoms with Crippen molar-refractivity contribution < 1.29 is 27.8 Å². The van der Waals surface area contributed by atoms with Gasteiger partial charge in [0, 0.05) is 12.6 Å². The molecular weight excluding hydrogens is 322 g/mol. The zero-order chi connectivity index (χ0) is 17.0. The van der Waals surface area contributed by atoms with E-state index >= 15 is 0 Å². The first-order valence-corrected chi connectivity index (χ1v) is 8.86. The highest BCUT2D eigenvalue weighted by atomic mass is 32.2. The molecule has 0 saturated heterocycles. The van der Waals surface area contributed by atoms with Crippen LogP contribution in [0.5, 0.6) is 11.5 Å². The first-order chi connectivity index (χ1) is 10.8. The second-order valence-electron chi connectivity index (χ2n) is 5.72. The number of hydrogen-bond acceptors (Lipinski definition) is 5. The Morgan fingerprint density at radius 3 is 2.52 bits per heavy atom. The molecule has 1 aromatic carbocycles. The van der Waals surface area contributed by atoms with Crippen molar-refractivity contribution >= 4 is 16.0 Å². The number of fused-ring (bicyclic) bond motifs is 1. The minimum Gasteiger partial charge on any atom is -0.486 e. The number of aliphatic carboxylic acids is 1. The highest BCUT2D eigenvalue weighted by molar-refractivity contribution is 7.89. The van der Waals surface area contributed by atoms with Gasteiger partial charge in [-0.1, -0.05) is 13.8 Å². The number of carboxylic acids is 1. The van der Waals surface area contributed by atoms with E-state index in [2.05, 4.69) is 0 Å². The molecule has 2 rings (SSSR count). The molecule has 1 aliphatic heterocycles. The lowest BCUT2D eigenvalue weighted by molar-refractivity contribution is -0.137. The molecule has 0 aromatic heterocycles. The molecule has 0 bridgehead atoms. The maximum atomic E-state index is 12.7. The summed E-state index contributed by atoms with van der Waals surface area (Å²) in [5.41, 5.74) is 0. The predicted octanol–water partition coefficient (Wildman–Crippen LogP) is 1.58. The molecule has 0 atom stereocenters. The number of carbonyl (C=O) groups is 1. The number of sulfonamides is 1. The number of benzene rings is 1. The molecule has 0 radical (unpaired) electrons. The van der Waals surface area contributed by atoms with Crippen molar-refractivity contribution in [3.8, 4) is 11.5 Å². The highest BCUT2D eigenvalue weighted by Gasteiger charge is 2.28. The van der Waals surface area contributed by atoms with Gasteiger partial charge in [-0.05, 0) is 24.5 Å². The molecule has 0 aliphatic carbocycles. The fraction of sp³-hybridized carbons (Fsp3) is 0.533. The standard InChI is InChI=1S/C15H21NO6S/c1-11(2)5-6-16(10-15(17)18)23(19,20)12-3-4-13-14(9-12)22-8-7-21-13/h3-4,9,11H,5-8,10H2,1-2H3,(H,17,18). The van der Waals surface area contributed by atoms with E-state index in [1.54, 1.807) is 0 Å². The molecule has 128 valence electrons. The highest BCUT2D eigenvalue weighted by Crippen LogP contribution is 2.33. The van der Waals surface area contributed by atoms with E-state index in [1.807, 2.05) is 13.8 Å². The second-order valence-corrected chi connectivity index (χ2v) is 7.66. The zero-order valence-corrected chi connectivity index (χ0v) is 14.0. The Bertz CT molecular complexity index is 671. The van der Waals surface area contributed by atoms with Crippen LogP contribution in [0.4, 0.5) is 0 Å². The molecule has 1 heterocycles.